The zero-order valence-corrected chi connectivity index (χ0v) is 12.6. The molecule has 2 aromatic rings. The first-order valence-electron chi connectivity index (χ1n) is 5.45. The van der Waals surface area contributed by atoms with E-state index in [1.54, 1.807) is 23.9 Å². The van der Waals surface area contributed by atoms with Gasteiger partial charge in [-0.2, -0.15) is 5.10 Å². The predicted molar refractivity (Wildman–Crippen MR) is 78.2 cm³/mol. The first-order chi connectivity index (χ1) is 8.90. The average Bonchev–Trinajstić information content (AvgIpc) is 2.53. The monoisotopic (exact) mass is 319 g/mol. The second-order valence-corrected chi connectivity index (χ2v) is 5.25. The fraction of sp³-hybridized carbons (Fsp3) is 0.250. The number of nitrogens with zero attached hydrogens (tertiary/aromatic N) is 2. The lowest BCUT2D eigenvalue weighted by molar-refractivity contribution is 0.306. The van der Waals surface area contributed by atoms with E-state index >= 15 is 0 Å². The van der Waals surface area contributed by atoms with E-state index in [0.717, 1.165) is 11.3 Å². The third kappa shape index (κ3) is 2.91. The van der Waals surface area contributed by atoms with Crippen molar-refractivity contribution in [2.24, 2.45) is 7.05 Å². The van der Waals surface area contributed by atoms with Crippen LogP contribution in [-0.4, -0.2) is 9.78 Å². The Balaban J connectivity index is 2.24. The molecule has 0 spiro atoms. The number of aryl methyl sites for hydroxylation is 2. The van der Waals surface area contributed by atoms with E-state index in [0.29, 0.717) is 26.6 Å². The molecule has 1 heterocycles. The van der Waals surface area contributed by atoms with Gasteiger partial charge in [-0.25, -0.2) is 0 Å². The number of ether oxygens (including phenoxy) is 1. The Hall–Kier alpha value is -1.10. The summed E-state index contributed by atoms with van der Waals surface area (Å²) in [6.45, 7) is 2.10. The van der Waals surface area contributed by atoms with Crippen LogP contribution in [0.3, 0.4) is 0 Å². The van der Waals surface area contributed by atoms with Gasteiger partial charge in [0.2, 0.25) is 0 Å². The van der Waals surface area contributed by atoms with Crippen molar-refractivity contribution in [1.82, 2.24) is 9.78 Å². The van der Waals surface area contributed by atoms with Crippen LogP contribution in [0.25, 0.3) is 0 Å². The molecule has 7 heteroatoms. The lowest BCUT2D eigenvalue weighted by atomic mass is 10.2. The molecule has 2 rings (SSSR count). The summed E-state index contributed by atoms with van der Waals surface area (Å²) in [5.74, 6) is 0.386. The lowest BCUT2D eigenvalue weighted by Gasteiger charge is -2.10. The molecule has 0 aliphatic carbocycles. The zero-order valence-electron chi connectivity index (χ0n) is 10.4. The molecule has 102 valence electrons. The Morgan fingerprint density at radius 2 is 1.84 bits per heavy atom. The molecule has 0 unspecified atom stereocenters. The highest BCUT2D eigenvalue weighted by Gasteiger charge is 2.14. The Labute approximate surface area is 126 Å². The number of nitrogen functional groups attached to an aromatic ring is 1. The van der Waals surface area contributed by atoms with Crippen molar-refractivity contribution in [2.75, 3.05) is 5.73 Å². The zero-order chi connectivity index (χ0) is 14.2. The summed E-state index contributed by atoms with van der Waals surface area (Å²) in [5, 5.41) is 5.46. The van der Waals surface area contributed by atoms with E-state index in [1.807, 2.05) is 6.92 Å². The van der Waals surface area contributed by atoms with Gasteiger partial charge in [0, 0.05) is 18.3 Å². The van der Waals surface area contributed by atoms with Gasteiger partial charge in [0.25, 0.3) is 0 Å². The van der Waals surface area contributed by atoms with Crippen LogP contribution >= 0.6 is 34.8 Å². The summed E-state index contributed by atoms with van der Waals surface area (Å²) < 4.78 is 7.21. The molecule has 0 aliphatic heterocycles. The summed E-state index contributed by atoms with van der Waals surface area (Å²) in [4.78, 5) is 0. The maximum Gasteiger partial charge on any atom is 0.157 e. The van der Waals surface area contributed by atoms with Crippen molar-refractivity contribution in [3.63, 3.8) is 0 Å². The van der Waals surface area contributed by atoms with Crippen LogP contribution in [0.1, 0.15) is 11.3 Å². The van der Waals surface area contributed by atoms with Crippen LogP contribution in [0, 0.1) is 6.92 Å². The van der Waals surface area contributed by atoms with Crippen molar-refractivity contribution < 1.29 is 4.74 Å². The molecule has 0 amide bonds. The average molecular weight is 321 g/mol. The number of halogens is 3. The van der Waals surface area contributed by atoms with E-state index in [9.17, 15) is 0 Å². The van der Waals surface area contributed by atoms with Crippen molar-refractivity contribution in [1.29, 1.82) is 0 Å². The molecule has 0 atom stereocenters. The molecule has 0 aliphatic rings. The molecule has 2 N–H and O–H groups in total. The number of nitrogens with two attached hydrogens (primary N) is 1. The molecule has 1 aromatic carbocycles. The Kier molecular flexibility index (Phi) is 4.13. The lowest BCUT2D eigenvalue weighted by Crippen LogP contribution is -1.99. The minimum absolute atomic E-state index is 0.238. The predicted octanol–water partition coefficient (Wildman–Crippen LogP) is 3.85. The smallest absolute Gasteiger partial charge is 0.157 e. The summed E-state index contributed by atoms with van der Waals surface area (Å²) in [6.07, 6.45) is 0. The van der Waals surface area contributed by atoms with E-state index in [1.165, 1.54) is 0 Å². The normalized spacial score (nSPS) is 10.8. The maximum atomic E-state index is 6.12. The summed E-state index contributed by atoms with van der Waals surface area (Å²) in [5.41, 5.74) is 7.71. The maximum absolute atomic E-state index is 6.12. The molecule has 0 saturated heterocycles. The fourth-order valence-electron chi connectivity index (χ4n) is 1.70. The van der Waals surface area contributed by atoms with Crippen molar-refractivity contribution in [3.8, 4) is 5.75 Å². The van der Waals surface area contributed by atoms with E-state index in [4.69, 9.17) is 45.3 Å². The van der Waals surface area contributed by atoms with Gasteiger partial charge in [0.05, 0.1) is 15.7 Å². The van der Waals surface area contributed by atoms with Crippen molar-refractivity contribution in [2.45, 2.75) is 13.5 Å². The summed E-state index contributed by atoms with van der Waals surface area (Å²) >= 11 is 18.2. The Morgan fingerprint density at radius 1 is 1.26 bits per heavy atom. The number of benzene rings is 1. The van der Waals surface area contributed by atoms with Crippen LogP contribution in [0.5, 0.6) is 5.75 Å². The minimum atomic E-state index is 0.238. The second-order valence-electron chi connectivity index (χ2n) is 4.08. The standard InChI is InChI=1S/C12H12Cl3N3O/c1-6-8(12(15)18(2)17-6)5-19-11-9(13)3-7(16)4-10(11)14/h3-4H,5,16H2,1-2H3. The van der Waals surface area contributed by atoms with Gasteiger partial charge in [-0.3, -0.25) is 4.68 Å². The van der Waals surface area contributed by atoms with Gasteiger partial charge < -0.3 is 10.5 Å². The molecule has 0 bridgehead atoms. The molecule has 0 fully saturated rings. The van der Waals surface area contributed by atoms with Crippen LogP contribution in [0.15, 0.2) is 12.1 Å². The van der Waals surface area contributed by atoms with E-state index < -0.39 is 0 Å². The van der Waals surface area contributed by atoms with Crippen molar-refractivity contribution >= 4 is 40.5 Å². The van der Waals surface area contributed by atoms with Gasteiger partial charge in [0.15, 0.2) is 5.75 Å². The Bertz CT molecular complexity index is 602. The number of anilines is 1. The Morgan fingerprint density at radius 3 is 2.32 bits per heavy atom. The van der Waals surface area contributed by atoms with Gasteiger partial charge >= 0.3 is 0 Å². The van der Waals surface area contributed by atoms with Crippen LogP contribution < -0.4 is 10.5 Å². The minimum Gasteiger partial charge on any atom is -0.486 e. The molecular weight excluding hydrogens is 309 g/mol. The largest absolute Gasteiger partial charge is 0.486 e. The second kappa shape index (κ2) is 5.49. The van der Waals surface area contributed by atoms with Crippen LogP contribution in [0.2, 0.25) is 15.2 Å². The van der Waals surface area contributed by atoms with Gasteiger partial charge in [-0.05, 0) is 19.1 Å². The SMILES string of the molecule is Cc1nn(C)c(Cl)c1COc1c(Cl)cc(N)cc1Cl. The van der Waals surface area contributed by atoms with E-state index in [-0.39, 0.29) is 6.61 Å². The summed E-state index contributed by atoms with van der Waals surface area (Å²) in [6, 6.07) is 3.17. The highest BCUT2D eigenvalue weighted by Crippen LogP contribution is 2.36. The molecule has 1 aromatic heterocycles. The summed E-state index contributed by atoms with van der Waals surface area (Å²) in [7, 11) is 1.77. The quantitative estimate of drug-likeness (QED) is 0.874. The van der Waals surface area contributed by atoms with Gasteiger partial charge in [-0.1, -0.05) is 34.8 Å². The number of aromatic nitrogens is 2. The highest BCUT2D eigenvalue weighted by molar-refractivity contribution is 6.37. The molecule has 0 radical (unpaired) electrons. The van der Waals surface area contributed by atoms with Crippen molar-refractivity contribution in [3.05, 3.63) is 38.6 Å². The molecule has 4 nitrogen and oxygen atoms in total. The first kappa shape index (κ1) is 14.3. The molecule has 19 heavy (non-hydrogen) atoms. The third-order valence-corrected chi connectivity index (χ3v) is 3.69. The molecular formula is C12H12Cl3N3O. The van der Waals surface area contributed by atoms with E-state index in [2.05, 4.69) is 5.10 Å². The number of hydrogen-bond donors (Lipinski definition) is 1. The van der Waals surface area contributed by atoms with Gasteiger partial charge in [-0.15, -0.1) is 0 Å². The van der Waals surface area contributed by atoms with Crippen LogP contribution in [0.4, 0.5) is 5.69 Å². The van der Waals surface area contributed by atoms with Crippen LogP contribution in [-0.2, 0) is 13.7 Å². The van der Waals surface area contributed by atoms with Gasteiger partial charge in [0.1, 0.15) is 11.8 Å². The molecule has 0 saturated carbocycles. The number of hydrogen-bond acceptors (Lipinski definition) is 3. The first-order valence-corrected chi connectivity index (χ1v) is 6.58. The highest BCUT2D eigenvalue weighted by atomic mass is 35.5. The topological polar surface area (TPSA) is 53.1 Å². The third-order valence-electron chi connectivity index (χ3n) is 2.65. The number of rotatable bonds is 3. The fourth-order valence-corrected chi connectivity index (χ4v) is 2.54.